The van der Waals surface area contributed by atoms with Crippen LogP contribution in [0.4, 0.5) is 5.69 Å². The van der Waals surface area contributed by atoms with E-state index in [1.54, 1.807) is 18.2 Å². The van der Waals surface area contributed by atoms with Crippen LogP contribution in [0.1, 0.15) is 6.92 Å². The van der Waals surface area contributed by atoms with Crippen LogP contribution in [-0.2, 0) is 4.79 Å². The lowest BCUT2D eigenvalue weighted by Gasteiger charge is -2.00. The van der Waals surface area contributed by atoms with Crippen LogP contribution in [0.15, 0.2) is 28.9 Å². The van der Waals surface area contributed by atoms with Crippen LogP contribution in [0.5, 0.6) is 5.75 Å². The predicted octanol–water partition coefficient (Wildman–Crippen LogP) is 2.10. The summed E-state index contributed by atoms with van der Waals surface area (Å²) in [5, 5.41) is 12.6. The molecule has 1 aromatic carbocycles. The summed E-state index contributed by atoms with van der Waals surface area (Å²) in [5.74, 6) is -0.0699. The highest BCUT2D eigenvalue weighted by Gasteiger charge is 2.05. The molecule has 0 saturated heterocycles. The van der Waals surface area contributed by atoms with Crippen LogP contribution in [0, 0.1) is 0 Å². The van der Waals surface area contributed by atoms with Gasteiger partial charge in [-0.3, -0.25) is 4.79 Å². The zero-order chi connectivity index (χ0) is 10.1. The van der Waals surface area contributed by atoms with Crippen LogP contribution >= 0.6 is 0 Å². The first kappa shape index (κ1) is 8.62. The quantitative estimate of drug-likeness (QED) is 0.725. The lowest BCUT2D eigenvalue weighted by atomic mass is 10.2. The zero-order valence-electron chi connectivity index (χ0n) is 7.57. The van der Waals surface area contributed by atoms with Gasteiger partial charge in [0.2, 0.25) is 5.91 Å². The van der Waals surface area contributed by atoms with Gasteiger partial charge in [0.1, 0.15) is 11.8 Å². The fourth-order valence-corrected chi connectivity index (χ4v) is 1.30. The Morgan fingerprint density at radius 2 is 2.29 bits per heavy atom. The Morgan fingerprint density at radius 3 is 3.00 bits per heavy atom. The molecule has 0 unspecified atom stereocenters. The van der Waals surface area contributed by atoms with Gasteiger partial charge >= 0.3 is 0 Å². The smallest absolute Gasteiger partial charge is 0.221 e. The molecule has 14 heavy (non-hydrogen) atoms. The number of rotatable bonds is 1. The van der Waals surface area contributed by atoms with Gasteiger partial charge < -0.3 is 14.8 Å². The minimum Gasteiger partial charge on any atom is -0.504 e. The monoisotopic (exact) mass is 191 g/mol. The molecule has 1 heterocycles. The van der Waals surface area contributed by atoms with Crippen molar-refractivity contribution in [2.24, 2.45) is 0 Å². The highest BCUT2D eigenvalue weighted by Crippen LogP contribution is 2.28. The van der Waals surface area contributed by atoms with Crippen molar-refractivity contribution in [3.05, 3.63) is 24.5 Å². The van der Waals surface area contributed by atoms with Gasteiger partial charge in [0.05, 0.1) is 5.39 Å². The third-order valence-corrected chi connectivity index (χ3v) is 1.87. The number of furan rings is 1. The molecule has 0 atom stereocenters. The molecule has 0 fully saturated rings. The molecule has 0 aliphatic carbocycles. The van der Waals surface area contributed by atoms with Crippen LogP contribution in [0.3, 0.4) is 0 Å². The number of hydrogen-bond donors (Lipinski definition) is 2. The van der Waals surface area contributed by atoms with Crippen molar-refractivity contribution in [2.45, 2.75) is 6.92 Å². The normalized spacial score (nSPS) is 10.4. The van der Waals surface area contributed by atoms with E-state index in [-0.39, 0.29) is 11.7 Å². The number of benzene rings is 1. The fourth-order valence-electron chi connectivity index (χ4n) is 1.30. The summed E-state index contributed by atoms with van der Waals surface area (Å²) in [7, 11) is 0. The summed E-state index contributed by atoms with van der Waals surface area (Å²) in [6, 6.07) is 5.07. The van der Waals surface area contributed by atoms with Gasteiger partial charge in [-0.2, -0.15) is 0 Å². The SMILES string of the molecule is CC(=O)Nc1ccc2occ(O)c2c1. The number of aromatic hydroxyl groups is 1. The Bertz CT molecular complexity index is 487. The number of anilines is 1. The summed E-state index contributed by atoms with van der Waals surface area (Å²) in [5.41, 5.74) is 1.23. The number of hydrogen-bond acceptors (Lipinski definition) is 3. The molecule has 2 aromatic rings. The largest absolute Gasteiger partial charge is 0.504 e. The Labute approximate surface area is 80.1 Å². The zero-order valence-corrected chi connectivity index (χ0v) is 7.57. The highest BCUT2D eigenvalue weighted by molar-refractivity contribution is 5.93. The maximum absolute atomic E-state index is 10.8. The van der Waals surface area contributed by atoms with Gasteiger partial charge in [-0.1, -0.05) is 0 Å². The molecule has 72 valence electrons. The second-order valence-electron chi connectivity index (χ2n) is 3.01. The summed E-state index contributed by atoms with van der Waals surface area (Å²) in [6.45, 7) is 1.43. The Morgan fingerprint density at radius 1 is 1.50 bits per heavy atom. The molecule has 4 nitrogen and oxygen atoms in total. The number of amides is 1. The minimum absolute atomic E-state index is 0.0761. The maximum atomic E-state index is 10.8. The van der Waals surface area contributed by atoms with Crippen molar-refractivity contribution < 1.29 is 14.3 Å². The van der Waals surface area contributed by atoms with Gasteiger partial charge in [-0.15, -0.1) is 0 Å². The van der Waals surface area contributed by atoms with E-state index in [9.17, 15) is 9.90 Å². The first-order valence-corrected chi connectivity index (χ1v) is 4.14. The molecule has 1 amide bonds. The maximum Gasteiger partial charge on any atom is 0.221 e. The molecule has 0 aliphatic heterocycles. The Hall–Kier alpha value is -1.97. The molecular formula is C10H9NO3. The number of nitrogens with one attached hydrogen (secondary N) is 1. The first-order valence-electron chi connectivity index (χ1n) is 4.14. The molecule has 2 rings (SSSR count). The molecule has 0 saturated carbocycles. The van der Waals surface area contributed by atoms with Crippen LogP contribution in [0.25, 0.3) is 11.0 Å². The number of carbonyl (C=O) groups is 1. The lowest BCUT2D eigenvalue weighted by Crippen LogP contribution is -2.05. The fraction of sp³-hybridized carbons (Fsp3) is 0.100. The van der Waals surface area contributed by atoms with E-state index in [2.05, 4.69) is 5.32 Å². The summed E-state index contributed by atoms with van der Waals surface area (Å²) in [4.78, 5) is 10.8. The third kappa shape index (κ3) is 1.42. The number of fused-ring (bicyclic) bond motifs is 1. The van der Waals surface area contributed by atoms with E-state index in [0.717, 1.165) is 0 Å². The molecule has 0 spiro atoms. The molecule has 4 heteroatoms. The Kier molecular flexibility index (Phi) is 1.89. The van der Waals surface area contributed by atoms with Crippen molar-refractivity contribution >= 4 is 22.6 Å². The summed E-state index contributed by atoms with van der Waals surface area (Å²) in [6.07, 6.45) is 1.27. The Balaban J connectivity index is 2.49. The van der Waals surface area contributed by atoms with Gasteiger partial charge in [-0.25, -0.2) is 0 Å². The average molecular weight is 191 g/mol. The molecule has 1 aromatic heterocycles. The van der Waals surface area contributed by atoms with Crippen molar-refractivity contribution in [3.63, 3.8) is 0 Å². The average Bonchev–Trinajstić information content (AvgIpc) is 2.47. The van der Waals surface area contributed by atoms with Crippen LogP contribution < -0.4 is 5.32 Å². The van der Waals surface area contributed by atoms with E-state index in [1.165, 1.54) is 13.2 Å². The van der Waals surface area contributed by atoms with Gasteiger partial charge in [-0.05, 0) is 18.2 Å². The third-order valence-electron chi connectivity index (χ3n) is 1.87. The standard InChI is InChI=1S/C10H9NO3/c1-6(12)11-7-2-3-10-8(4-7)9(13)5-14-10/h2-5,13H,1H3,(H,11,12). The van der Waals surface area contributed by atoms with Gasteiger partial charge in [0.25, 0.3) is 0 Å². The first-order chi connectivity index (χ1) is 6.66. The molecular weight excluding hydrogens is 182 g/mol. The number of carbonyl (C=O) groups excluding carboxylic acids is 1. The molecule has 0 radical (unpaired) electrons. The van der Waals surface area contributed by atoms with Gasteiger partial charge in [0, 0.05) is 12.6 Å². The second-order valence-corrected chi connectivity index (χ2v) is 3.01. The molecule has 0 aliphatic rings. The van der Waals surface area contributed by atoms with Crippen molar-refractivity contribution in [1.29, 1.82) is 0 Å². The van der Waals surface area contributed by atoms with E-state index >= 15 is 0 Å². The highest BCUT2D eigenvalue weighted by atomic mass is 16.4. The topological polar surface area (TPSA) is 62.5 Å². The van der Waals surface area contributed by atoms with E-state index < -0.39 is 0 Å². The van der Waals surface area contributed by atoms with E-state index in [4.69, 9.17) is 4.42 Å². The van der Waals surface area contributed by atoms with Crippen molar-refractivity contribution in [2.75, 3.05) is 5.32 Å². The molecule has 2 N–H and O–H groups in total. The second kappa shape index (κ2) is 3.06. The van der Waals surface area contributed by atoms with E-state index in [0.29, 0.717) is 16.7 Å². The van der Waals surface area contributed by atoms with Crippen molar-refractivity contribution in [1.82, 2.24) is 0 Å². The lowest BCUT2D eigenvalue weighted by molar-refractivity contribution is -0.114. The molecule has 0 bridgehead atoms. The predicted molar refractivity (Wildman–Crippen MR) is 52.2 cm³/mol. The van der Waals surface area contributed by atoms with Crippen LogP contribution in [0.2, 0.25) is 0 Å². The van der Waals surface area contributed by atoms with E-state index in [1.807, 2.05) is 0 Å². The summed E-state index contributed by atoms with van der Waals surface area (Å²) < 4.78 is 5.05. The van der Waals surface area contributed by atoms with Crippen LogP contribution in [-0.4, -0.2) is 11.0 Å². The minimum atomic E-state index is -0.146. The summed E-state index contributed by atoms with van der Waals surface area (Å²) >= 11 is 0. The van der Waals surface area contributed by atoms with Crippen molar-refractivity contribution in [3.8, 4) is 5.75 Å². The van der Waals surface area contributed by atoms with Gasteiger partial charge in [0.15, 0.2) is 5.75 Å².